The second-order valence-corrected chi connectivity index (χ2v) is 9.17. The van der Waals surface area contributed by atoms with Gasteiger partial charge in [0.2, 0.25) is 11.8 Å². The molecule has 1 N–H and O–H groups in total. The summed E-state index contributed by atoms with van der Waals surface area (Å²) in [5.41, 5.74) is 0.609. The molecule has 1 atom stereocenters. The topological polar surface area (TPSA) is 78.9 Å². The minimum atomic E-state index is -1.52. The lowest BCUT2D eigenvalue weighted by Crippen LogP contribution is -2.53. The fourth-order valence-corrected chi connectivity index (χ4v) is 5.01. The molecule has 0 aromatic heterocycles. The Labute approximate surface area is 175 Å². The Morgan fingerprint density at radius 3 is 2.31 bits per heavy atom. The van der Waals surface area contributed by atoms with Crippen molar-refractivity contribution in [3.05, 3.63) is 24.3 Å². The van der Waals surface area contributed by atoms with Gasteiger partial charge in [-0.3, -0.25) is 18.7 Å². The zero-order chi connectivity index (χ0) is 20.6. The number of hydrogen-bond acceptors (Lipinski definition) is 5. The van der Waals surface area contributed by atoms with Crippen molar-refractivity contribution in [2.24, 2.45) is 0 Å². The second kappa shape index (κ2) is 10.7. The van der Waals surface area contributed by atoms with E-state index >= 15 is 0 Å². The van der Waals surface area contributed by atoms with Crippen LogP contribution >= 0.6 is 0 Å². The van der Waals surface area contributed by atoms with Crippen molar-refractivity contribution in [2.45, 2.75) is 38.1 Å². The van der Waals surface area contributed by atoms with Gasteiger partial charge in [-0.15, -0.1) is 0 Å². The number of nitrogens with one attached hydrogen (secondary N) is 1. The predicted octanol–water partition coefficient (Wildman–Crippen LogP) is 1.86. The SMILES string of the molecule is COc1ccc(NC(=O)C[S@@](=O)CC(=O)N2CCN(C3CCCCC3)CC2)cc1. The lowest BCUT2D eigenvalue weighted by atomic mass is 9.94. The van der Waals surface area contributed by atoms with E-state index in [2.05, 4.69) is 10.2 Å². The smallest absolute Gasteiger partial charge is 0.237 e. The van der Waals surface area contributed by atoms with Crippen LogP contribution in [0.25, 0.3) is 0 Å². The second-order valence-electron chi connectivity index (χ2n) is 7.71. The van der Waals surface area contributed by atoms with Gasteiger partial charge < -0.3 is 15.0 Å². The Morgan fingerprint density at radius 1 is 1.03 bits per heavy atom. The van der Waals surface area contributed by atoms with Crippen molar-refractivity contribution in [1.29, 1.82) is 0 Å². The Balaban J connectivity index is 1.38. The Hall–Kier alpha value is -1.93. The number of rotatable bonds is 7. The number of piperazine rings is 1. The lowest BCUT2D eigenvalue weighted by molar-refractivity contribution is -0.130. The molecule has 1 aromatic carbocycles. The van der Waals surface area contributed by atoms with Gasteiger partial charge in [-0.05, 0) is 37.1 Å². The largest absolute Gasteiger partial charge is 0.497 e. The Morgan fingerprint density at radius 2 is 1.69 bits per heavy atom. The van der Waals surface area contributed by atoms with E-state index in [1.807, 2.05) is 0 Å². The van der Waals surface area contributed by atoms with E-state index in [0.717, 1.165) is 13.1 Å². The van der Waals surface area contributed by atoms with E-state index < -0.39 is 10.8 Å². The maximum Gasteiger partial charge on any atom is 0.237 e. The number of hydrogen-bond donors (Lipinski definition) is 1. The summed E-state index contributed by atoms with van der Waals surface area (Å²) in [4.78, 5) is 28.8. The third-order valence-corrected chi connectivity index (χ3v) is 6.86. The quantitative estimate of drug-likeness (QED) is 0.727. The van der Waals surface area contributed by atoms with Gasteiger partial charge in [-0.25, -0.2) is 0 Å². The number of benzene rings is 1. The molecule has 2 aliphatic rings. The minimum Gasteiger partial charge on any atom is -0.497 e. The fraction of sp³-hybridized carbons (Fsp3) is 0.619. The first kappa shape index (κ1) is 21.8. The summed E-state index contributed by atoms with van der Waals surface area (Å²) in [7, 11) is 0.0569. The van der Waals surface area contributed by atoms with Crippen LogP contribution in [-0.2, 0) is 20.4 Å². The molecule has 1 aromatic rings. The van der Waals surface area contributed by atoms with Gasteiger partial charge in [0.25, 0.3) is 0 Å². The van der Waals surface area contributed by atoms with Crippen molar-refractivity contribution in [3.8, 4) is 5.75 Å². The average Bonchev–Trinajstić information content (AvgIpc) is 2.74. The molecule has 1 heterocycles. The van der Waals surface area contributed by atoms with Crippen LogP contribution in [0.3, 0.4) is 0 Å². The molecule has 29 heavy (non-hydrogen) atoms. The maximum absolute atomic E-state index is 12.5. The van der Waals surface area contributed by atoms with Gasteiger partial charge in [-0.1, -0.05) is 19.3 Å². The molecule has 0 spiro atoms. The number of methoxy groups -OCH3 is 1. The zero-order valence-electron chi connectivity index (χ0n) is 17.1. The highest BCUT2D eigenvalue weighted by Crippen LogP contribution is 2.23. The molecule has 8 heteroatoms. The molecular weight excluding hydrogens is 390 g/mol. The number of ether oxygens (including phenoxy) is 1. The highest BCUT2D eigenvalue weighted by atomic mass is 32.2. The van der Waals surface area contributed by atoms with Crippen LogP contribution in [0.1, 0.15) is 32.1 Å². The molecule has 1 saturated heterocycles. The number of nitrogens with zero attached hydrogens (tertiary/aromatic N) is 2. The minimum absolute atomic E-state index is 0.0978. The van der Waals surface area contributed by atoms with Crippen molar-refractivity contribution >= 4 is 28.3 Å². The van der Waals surface area contributed by atoms with Crippen LogP contribution < -0.4 is 10.1 Å². The normalized spacial score (nSPS) is 19.6. The summed E-state index contributed by atoms with van der Waals surface area (Å²) in [6.45, 7) is 3.15. The van der Waals surface area contributed by atoms with Gasteiger partial charge in [0.15, 0.2) is 0 Å². The summed E-state index contributed by atoms with van der Waals surface area (Å²) < 4.78 is 17.4. The van der Waals surface area contributed by atoms with E-state index in [1.165, 1.54) is 32.1 Å². The van der Waals surface area contributed by atoms with Crippen LogP contribution in [0.4, 0.5) is 5.69 Å². The molecule has 160 valence electrons. The van der Waals surface area contributed by atoms with Crippen LogP contribution in [0.2, 0.25) is 0 Å². The summed E-state index contributed by atoms with van der Waals surface area (Å²) in [6, 6.07) is 7.58. The summed E-state index contributed by atoms with van der Waals surface area (Å²) in [5, 5.41) is 2.70. The Kier molecular flexibility index (Phi) is 8.06. The average molecular weight is 422 g/mol. The van der Waals surface area contributed by atoms with Gasteiger partial charge in [0.05, 0.1) is 7.11 Å². The molecular formula is C21H31N3O4S. The van der Waals surface area contributed by atoms with Crippen LogP contribution in [0, 0.1) is 0 Å². The molecule has 0 radical (unpaired) electrons. The van der Waals surface area contributed by atoms with Gasteiger partial charge in [0, 0.05) is 48.7 Å². The number of anilines is 1. The molecule has 3 rings (SSSR count). The standard InChI is InChI=1S/C21H31N3O4S/c1-28-19-9-7-17(8-10-19)22-20(25)15-29(27)16-21(26)24-13-11-23(12-14-24)18-5-3-2-4-6-18/h7-10,18H,2-6,11-16H2,1H3,(H,22,25)/t29-/m1/s1. The van der Waals surface area contributed by atoms with Gasteiger partial charge >= 0.3 is 0 Å². The lowest BCUT2D eigenvalue weighted by Gasteiger charge is -2.40. The van der Waals surface area contributed by atoms with Crippen molar-refractivity contribution < 1.29 is 18.5 Å². The van der Waals surface area contributed by atoms with E-state index in [4.69, 9.17) is 4.74 Å². The van der Waals surface area contributed by atoms with E-state index in [1.54, 1.807) is 36.3 Å². The third-order valence-electron chi connectivity index (χ3n) is 5.71. The molecule has 1 saturated carbocycles. The number of carbonyl (C=O) groups is 2. The molecule has 1 aliphatic carbocycles. The maximum atomic E-state index is 12.5. The predicted molar refractivity (Wildman–Crippen MR) is 115 cm³/mol. The molecule has 0 unspecified atom stereocenters. The first-order chi connectivity index (χ1) is 14.0. The van der Waals surface area contributed by atoms with Gasteiger partial charge in [-0.2, -0.15) is 0 Å². The van der Waals surface area contributed by atoms with Crippen molar-refractivity contribution in [2.75, 3.05) is 50.1 Å². The van der Waals surface area contributed by atoms with Crippen LogP contribution in [0.5, 0.6) is 5.75 Å². The third kappa shape index (κ3) is 6.54. The highest BCUT2D eigenvalue weighted by molar-refractivity contribution is 7.86. The van der Waals surface area contributed by atoms with Gasteiger partial charge in [0.1, 0.15) is 17.3 Å². The molecule has 2 amide bonds. The molecule has 0 bridgehead atoms. The van der Waals surface area contributed by atoms with Crippen LogP contribution in [-0.4, -0.2) is 76.7 Å². The molecule has 1 aliphatic heterocycles. The highest BCUT2D eigenvalue weighted by Gasteiger charge is 2.27. The first-order valence-corrected chi connectivity index (χ1v) is 11.8. The molecule has 7 nitrogen and oxygen atoms in total. The number of carbonyl (C=O) groups excluding carboxylic acids is 2. The molecule has 2 fully saturated rings. The fourth-order valence-electron chi connectivity index (χ4n) is 4.08. The van der Waals surface area contributed by atoms with E-state index in [-0.39, 0.29) is 23.3 Å². The summed E-state index contributed by atoms with van der Waals surface area (Å²) in [6.07, 6.45) is 6.48. The van der Waals surface area contributed by atoms with Crippen LogP contribution in [0.15, 0.2) is 24.3 Å². The van der Waals surface area contributed by atoms with Crippen molar-refractivity contribution in [3.63, 3.8) is 0 Å². The Bertz CT molecular complexity index is 711. The van der Waals surface area contributed by atoms with E-state index in [9.17, 15) is 13.8 Å². The zero-order valence-corrected chi connectivity index (χ0v) is 17.9. The van der Waals surface area contributed by atoms with E-state index in [0.29, 0.717) is 30.6 Å². The first-order valence-electron chi connectivity index (χ1n) is 10.4. The van der Waals surface area contributed by atoms with Crippen molar-refractivity contribution in [1.82, 2.24) is 9.80 Å². The summed E-state index contributed by atoms with van der Waals surface area (Å²) in [5.74, 6) is -0.0627. The monoisotopic (exact) mass is 421 g/mol. The number of amides is 2. The summed E-state index contributed by atoms with van der Waals surface area (Å²) >= 11 is 0.